The number of nitrogens with zero attached hydrogens (tertiary/aromatic N) is 2. The van der Waals surface area contributed by atoms with Crippen LogP contribution in [0.4, 0.5) is 0 Å². The van der Waals surface area contributed by atoms with Gasteiger partial charge in [-0.3, -0.25) is 19.4 Å². The molecule has 0 N–H and O–H groups in total. The Morgan fingerprint density at radius 2 is 0.773 bits per heavy atom. The van der Waals surface area contributed by atoms with Crippen LogP contribution in [0.5, 0.6) is 0 Å². The van der Waals surface area contributed by atoms with Gasteiger partial charge >= 0.3 is 11.9 Å². The Bertz CT molecular complexity index is 1290. The van der Waals surface area contributed by atoms with Gasteiger partial charge in [0.1, 0.15) is 0 Å². The van der Waals surface area contributed by atoms with E-state index in [0.29, 0.717) is 0 Å². The molecule has 2 heterocycles. The summed E-state index contributed by atoms with van der Waals surface area (Å²) >= 11 is 0. The zero-order chi connectivity index (χ0) is 31.1. The van der Waals surface area contributed by atoms with Crippen molar-refractivity contribution in [2.24, 2.45) is 11.8 Å². The quantitative estimate of drug-likeness (QED) is 0.217. The van der Waals surface area contributed by atoms with E-state index in [0.717, 1.165) is 13.1 Å². The fraction of sp³-hybridized carbons (Fsp3) is 0.316. The Morgan fingerprint density at radius 3 is 0.977 bits per heavy atom. The van der Waals surface area contributed by atoms with Crippen LogP contribution < -0.4 is 0 Å². The number of benzene rings is 4. The summed E-state index contributed by atoms with van der Waals surface area (Å²) in [6.45, 7) is 5.68. The van der Waals surface area contributed by atoms with Crippen LogP contribution in [0.2, 0.25) is 0 Å². The van der Waals surface area contributed by atoms with Crippen molar-refractivity contribution in [3.8, 4) is 0 Å². The first-order valence-electron chi connectivity index (χ1n) is 15.3. The van der Waals surface area contributed by atoms with Gasteiger partial charge in [0.25, 0.3) is 0 Å². The average molecular weight is 591 g/mol. The molecule has 44 heavy (non-hydrogen) atoms. The zero-order valence-electron chi connectivity index (χ0n) is 26.0. The van der Waals surface area contributed by atoms with Crippen LogP contribution in [0.3, 0.4) is 0 Å². The maximum Gasteiger partial charge on any atom is 0.311 e. The number of esters is 2. The number of hydrogen-bond acceptors (Lipinski definition) is 6. The van der Waals surface area contributed by atoms with Crippen molar-refractivity contribution in [2.45, 2.75) is 38.0 Å². The zero-order valence-corrected chi connectivity index (χ0v) is 26.0. The lowest BCUT2D eigenvalue weighted by Gasteiger charge is -2.49. The second kappa shape index (κ2) is 14.5. The molecule has 0 aliphatic carbocycles. The third-order valence-corrected chi connectivity index (χ3v) is 9.16. The van der Waals surface area contributed by atoms with Crippen molar-refractivity contribution in [2.75, 3.05) is 27.3 Å². The topological polar surface area (TPSA) is 59.1 Å². The summed E-state index contributed by atoms with van der Waals surface area (Å²) in [7, 11) is 2.92. The highest BCUT2D eigenvalue weighted by atomic mass is 16.5. The van der Waals surface area contributed by atoms with Gasteiger partial charge in [-0.1, -0.05) is 121 Å². The summed E-state index contributed by atoms with van der Waals surface area (Å²) in [5.74, 6) is -0.271. The van der Waals surface area contributed by atoms with Crippen LogP contribution in [0, 0.1) is 11.8 Å². The first-order chi connectivity index (χ1) is 21.4. The molecule has 6 nitrogen and oxygen atoms in total. The predicted octanol–water partition coefficient (Wildman–Crippen LogP) is 6.54. The van der Waals surface area contributed by atoms with Gasteiger partial charge in [0.2, 0.25) is 0 Å². The fourth-order valence-corrected chi connectivity index (χ4v) is 6.50. The minimum atomic E-state index is -0.108. The molecule has 2 aliphatic heterocycles. The molecule has 0 bridgehead atoms. The lowest BCUT2D eigenvalue weighted by molar-refractivity contribution is -0.157. The Morgan fingerprint density at radius 1 is 0.523 bits per heavy atom. The molecule has 2 saturated heterocycles. The van der Waals surface area contributed by atoms with Crippen molar-refractivity contribution in [3.63, 3.8) is 0 Å². The highest BCUT2D eigenvalue weighted by Crippen LogP contribution is 2.40. The molecule has 0 spiro atoms. The van der Waals surface area contributed by atoms with Crippen molar-refractivity contribution in [3.05, 3.63) is 144 Å². The fourth-order valence-electron chi connectivity index (χ4n) is 6.50. The maximum absolute atomic E-state index is 11.8. The van der Waals surface area contributed by atoms with Gasteiger partial charge in [-0.15, -0.1) is 0 Å². The monoisotopic (exact) mass is 590 g/mol. The molecule has 228 valence electrons. The van der Waals surface area contributed by atoms with Gasteiger partial charge in [0.15, 0.2) is 0 Å². The predicted molar refractivity (Wildman–Crippen MR) is 173 cm³/mol. The van der Waals surface area contributed by atoms with Gasteiger partial charge < -0.3 is 9.47 Å². The third kappa shape index (κ3) is 6.62. The summed E-state index contributed by atoms with van der Waals surface area (Å²) in [5.41, 5.74) is 5.01. The van der Waals surface area contributed by atoms with E-state index < -0.39 is 0 Å². The summed E-state index contributed by atoms with van der Waals surface area (Å²) in [6.07, 6.45) is 0. The van der Waals surface area contributed by atoms with Crippen molar-refractivity contribution >= 4 is 11.9 Å². The molecule has 4 atom stereocenters. The molecule has 0 amide bonds. The number of rotatable bonds is 8. The molecule has 6 rings (SSSR count). The molecule has 0 aromatic heterocycles. The van der Waals surface area contributed by atoms with Crippen molar-refractivity contribution in [1.29, 1.82) is 0 Å². The highest BCUT2D eigenvalue weighted by Gasteiger charge is 2.46. The molecular formula is C38H42N2O4. The van der Waals surface area contributed by atoms with Gasteiger partial charge in [-0.05, 0) is 36.1 Å². The summed E-state index contributed by atoms with van der Waals surface area (Å²) in [4.78, 5) is 28.3. The van der Waals surface area contributed by atoms with Gasteiger partial charge in [0, 0.05) is 25.2 Å². The second-order valence-corrected chi connectivity index (χ2v) is 11.6. The van der Waals surface area contributed by atoms with E-state index in [2.05, 4.69) is 121 Å². The van der Waals surface area contributed by atoms with Gasteiger partial charge in [0.05, 0.1) is 38.1 Å². The average Bonchev–Trinajstić information content (AvgIpc) is 3.08. The molecule has 2 fully saturated rings. The Kier molecular flexibility index (Phi) is 10.3. The SMILES string of the molecule is COC(=O)[C@@H]1CN(C(c2ccccc2)c2ccccc2)[C@@H]1C.COC(=O)[C@H]1CN(C(c2ccccc2)c2ccccc2)[C@H]1C. The number of hydrogen-bond donors (Lipinski definition) is 0. The molecule has 4 aromatic carbocycles. The van der Waals surface area contributed by atoms with Crippen LogP contribution in [0.1, 0.15) is 48.2 Å². The van der Waals surface area contributed by atoms with Crippen LogP contribution in [-0.4, -0.2) is 61.1 Å². The normalized spacial score (nSPS) is 21.4. The van der Waals surface area contributed by atoms with Crippen LogP contribution >= 0.6 is 0 Å². The molecule has 0 unspecified atom stereocenters. The van der Waals surface area contributed by atoms with Gasteiger partial charge in [-0.2, -0.15) is 0 Å². The summed E-state index contributed by atoms with van der Waals surface area (Å²) in [5, 5.41) is 0. The third-order valence-electron chi connectivity index (χ3n) is 9.16. The second-order valence-electron chi connectivity index (χ2n) is 11.6. The van der Waals surface area contributed by atoms with Crippen LogP contribution in [0.25, 0.3) is 0 Å². The lowest BCUT2D eigenvalue weighted by Crippen LogP contribution is -2.59. The summed E-state index contributed by atoms with van der Waals surface area (Å²) < 4.78 is 9.80. The first-order valence-corrected chi connectivity index (χ1v) is 15.3. The largest absolute Gasteiger partial charge is 0.469 e. The highest BCUT2D eigenvalue weighted by molar-refractivity contribution is 5.75. The molecular weight excluding hydrogens is 548 g/mol. The molecule has 4 aromatic rings. The lowest BCUT2D eigenvalue weighted by atomic mass is 9.84. The summed E-state index contributed by atoms with van der Waals surface area (Å²) in [6, 6.07) is 42.5. The number of carbonyl (C=O) groups is 2. The number of carbonyl (C=O) groups excluding carboxylic acids is 2. The molecule has 2 aliphatic rings. The van der Waals surface area contributed by atoms with Crippen molar-refractivity contribution in [1.82, 2.24) is 9.80 Å². The van der Waals surface area contributed by atoms with Crippen LogP contribution in [0.15, 0.2) is 121 Å². The molecule has 0 saturated carbocycles. The Hall–Kier alpha value is -4.26. The minimum absolute atomic E-state index is 0.0278. The Labute approximate surface area is 261 Å². The van der Waals surface area contributed by atoms with E-state index in [1.165, 1.54) is 36.5 Å². The maximum atomic E-state index is 11.8. The van der Waals surface area contributed by atoms with Crippen LogP contribution in [-0.2, 0) is 19.1 Å². The number of likely N-dealkylation sites (tertiary alicyclic amines) is 2. The standard InChI is InChI=1S/2C19H21NO2/c2*1-14-17(19(21)22-2)13-20(14)18(15-9-5-3-6-10-15)16-11-7-4-8-12-16/h2*3-12,14,17-18H,13H2,1-2H3/t2*14-,17-/m10/s1. The smallest absolute Gasteiger partial charge is 0.311 e. The van der Waals surface area contributed by atoms with Crippen molar-refractivity contribution < 1.29 is 19.1 Å². The Balaban J connectivity index is 0.000000175. The van der Waals surface area contributed by atoms with E-state index in [-0.39, 0.29) is 47.9 Å². The van der Waals surface area contributed by atoms with E-state index in [4.69, 9.17) is 9.47 Å². The minimum Gasteiger partial charge on any atom is -0.469 e. The molecule has 6 heteroatoms. The first kappa shape index (κ1) is 31.2. The number of methoxy groups -OCH3 is 2. The molecule has 0 radical (unpaired) electrons. The van der Waals surface area contributed by atoms with Gasteiger partial charge in [-0.25, -0.2) is 0 Å². The number of ether oxygens (including phenoxy) is 2. The van der Waals surface area contributed by atoms with E-state index in [1.54, 1.807) is 0 Å². The van der Waals surface area contributed by atoms with E-state index in [9.17, 15) is 9.59 Å². The van der Waals surface area contributed by atoms with E-state index >= 15 is 0 Å². The van der Waals surface area contributed by atoms with E-state index in [1.807, 2.05) is 24.3 Å².